The van der Waals surface area contributed by atoms with E-state index in [1.165, 1.54) is 5.56 Å². The highest BCUT2D eigenvalue weighted by atomic mass is 35.5. The van der Waals surface area contributed by atoms with Crippen LogP contribution in [0.5, 0.6) is 0 Å². The number of aryl methyl sites for hydroxylation is 2. The summed E-state index contributed by atoms with van der Waals surface area (Å²) in [6.45, 7) is 5.02. The third kappa shape index (κ3) is 5.81. The Morgan fingerprint density at radius 1 is 0.897 bits per heavy atom. The fraction of sp³-hybridized carbons (Fsp3) is 0.258. The summed E-state index contributed by atoms with van der Waals surface area (Å²) in [5.41, 5.74) is 5.09. The van der Waals surface area contributed by atoms with E-state index in [2.05, 4.69) is 72.4 Å². The molecule has 0 atom stereocenters. The molecule has 1 amide bonds. The molecule has 0 aliphatic carbocycles. The molecule has 198 valence electrons. The Morgan fingerprint density at radius 2 is 1.67 bits per heavy atom. The Bertz CT molecular complexity index is 1490. The van der Waals surface area contributed by atoms with Gasteiger partial charge in [-0.3, -0.25) is 19.2 Å². The second kappa shape index (κ2) is 11.5. The van der Waals surface area contributed by atoms with Crippen LogP contribution >= 0.6 is 11.6 Å². The maximum Gasteiger partial charge on any atom is 0.238 e. The second-order valence-corrected chi connectivity index (χ2v) is 10.4. The first-order valence-corrected chi connectivity index (χ1v) is 13.8. The summed E-state index contributed by atoms with van der Waals surface area (Å²) in [5.74, 6) is 1.68. The maximum atomic E-state index is 12.9. The molecule has 1 N–H and O–H groups in total. The Kier molecular flexibility index (Phi) is 7.54. The minimum Gasteiger partial charge on any atom is -0.325 e. The highest BCUT2D eigenvalue weighted by Gasteiger charge is 2.24. The smallest absolute Gasteiger partial charge is 0.238 e. The van der Waals surface area contributed by atoms with Gasteiger partial charge in [-0.1, -0.05) is 66.2 Å². The molecule has 0 unspecified atom stereocenters. The minimum absolute atomic E-state index is 0.0184. The average molecular weight is 539 g/mol. The lowest BCUT2D eigenvalue weighted by Crippen LogP contribution is -2.48. The van der Waals surface area contributed by atoms with Gasteiger partial charge in [-0.25, -0.2) is 0 Å². The number of nitrogens with one attached hydrogen (secondary N) is 1. The van der Waals surface area contributed by atoms with Crippen molar-refractivity contribution in [3.05, 3.63) is 101 Å². The summed E-state index contributed by atoms with van der Waals surface area (Å²) < 4.78 is 2.08. The van der Waals surface area contributed by atoms with E-state index in [1.54, 1.807) is 0 Å². The normalized spacial score (nSPS) is 15.7. The van der Waals surface area contributed by atoms with Gasteiger partial charge < -0.3 is 5.32 Å². The zero-order valence-electron chi connectivity index (χ0n) is 21.8. The van der Waals surface area contributed by atoms with Crippen molar-refractivity contribution in [2.24, 2.45) is 0 Å². The van der Waals surface area contributed by atoms with E-state index in [9.17, 15) is 4.79 Å². The number of halogens is 1. The van der Waals surface area contributed by atoms with E-state index in [-0.39, 0.29) is 5.91 Å². The number of benzene rings is 3. The summed E-state index contributed by atoms with van der Waals surface area (Å²) in [5, 5.41) is 12.6. The van der Waals surface area contributed by atoms with E-state index in [0.29, 0.717) is 11.6 Å². The van der Waals surface area contributed by atoms with Gasteiger partial charge in [-0.05, 0) is 47.9 Å². The summed E-state index contributed by atoms with van der Waals surface area (Å²) in [6, 6.07) is 24.1. The number of piperazine rings is 1. The first-order valence-electron chi connectivity index (χ1n) is 13.4. The topological polar surface area (TPSA) is 66.3 Å². The molecule has 0 bridgehead atoms. The molecule has 4 aromatic rings. The predicted molar refractivity (Wildman–Crippen MR) is 156 cm³/mol. The van der Waals surface area contributed by atoms with E-state index < -0.39 is 0 Å². The van der Waals surface area contributed by atoms with Crippen LogP contribution in [0.4, 0.5) is 5.69 Å². The quantitative estimate of drug-likeness (QED) is 0.360. The van der Waals surface area contributed by atoms with Crippen molar-refractivity contribution in [2.75, 3.05) is 44.6 Å². The zero-order valence-corrected chi connectivity index (χ0v) is 22.5. The summed E-state index contributed by atoms with van der Waals surface area (Å²) in [7, 11) is 0. The molecule has 1 fully saturated rings. The van der Waals surface area contributed by atoms with Crippen LogP contribution in [0.1, 0.15) is 17.0 Å². The molecule has 2 aliphatic heterocycles. The third-order valence-corrected chi connectivity index (χ3v) is 7.70. The van der Waals surface area contributed by atoms with Crippen LogP contribution in [-0.4, -0.2) is 69.7 Å². The fourth-order valence-corrected chi connectivity index (χ4v) is 5.53. The van der Waals surface area contributed by atoms with Gasteiger partial charge in [0.25, 0.3) is 0 Å². The Hall–Kier alpha value is -3.78. The van der Waals surface area contributed by atoms with Crippen LogP contribution in [0.25, 0.3) is 23.2 Å². The predicted octanol–water partition coefficient (Wildman–Crippen LogP) is 4.96. The number of fused-ring (bicyclic) bond motifs is 3. The van der Waals surface area contributed by atoms with Crippen molar-refractivity contribution in [2.45, 2.75) is 12.8 Å². The molecule has 0 spiro atoms. The van der Waals surface area contributed by atoms with E-state index >= 15 is 0 Å². The number of hydrogen-bond donors (Lipinski definition) is 1. The van der Waals surface area contributed by atoms with Crippen molar-refractivity contribution in [1.82, 2.24) is 24.6 Å². The third-order valence-electron chi connectivity index (χ3n) is 7.37. The molecule has 6 rings (SSSR count). The number of aromatic nitrogens is 3. The van der Waals surface area contributed by atoms with Crippen LogP contribution in [0, 0.1) is 0 Å². The second-order valence-electron chi connectivity index (χ2n) is 10.0. The lowest BCUT2D eigenvalue weighted by atomic mass is 10.0. The molecule has 8 heteroatoms. The number of hydrogen-bond acceptors (Lipinski definition) is 5. The molecule has 3 aromatic carbocycles. The van der Waals surface area contributed by atoms with Gasteiger partial charge >= 0.3 is 0 Å². The van der Waals surface area contributed by atoms with Crippen molar-refractivity contribution in [3.63, 3.8) is 0 Å². The standard InChI is InChI=1S/C31H31ClN6O/c32-27-11-5-4-10-26(27)31-35-34-29-15-12-24-21-25(13-14-28(24)38(29)31)33-30(39)22-37-19-17-36(18-20-37)16-6-9-23-7-2-1-3-8-23/h1-11,13-14,21H,12,15-20,22H2,(H,33,39)/b9-6+. The lowest BCUT2D eigenvalue weighted by Gasteiger charge is -2.33. The molecule has 7 nitrogen and oxygen atoms in total. The molecule has 0 saturated carbocycles. The Labute approximate surface area is 233 Å². The lowest BCUT2D eigenvalue weighted by molar-refractivity contribution is -0.117. The molecule has 2 aliphatic rings. The number of anilines is 1. The highest BCUT2D eigenvalue weighted by Crippen LogP contribution is 2.33. The van der Waals surface area contributed by atoms with Crippen LogP contribution in [0.2, 0.25) is 5.02 Å². The molecule has 3 heterocycles. The number of rotatable bonds is 7. The van der Waals surface area contributed by atoms with E-state index in [0.717, 1.165) is 79.7 Å². The first-order chi connectivity index (χ1) is 19.1. The number of carbonyl (C=O) groups excluding carboxylic acids is 1. The van der Waals surface area contributed by atoms with E-state index in [1.807, 2.05) is 42.5 Å². The number of carbonyl (C=O) groups is 1. The SMILES string of the molecule is O=C(CN1CCN(C/C=C/c2ccccc2)CC1)Nc1ccc2c(c1)CCc1nnc(-c3ccccc3Cl)n1-2. The molecular formula is C31H31ClN6O. The summed E-state index contributed by atoms with van der Waals surface area (Å²) in [4.78, 5) is 17.5. The molecule has 39 heavy (non-hydrogen) atoms. The first kappa shape index (κ1) is 25.5. The van der Waals surface area contributed by atoms with Crippen molar-refractivity contribution in [1.29, 1.82) is 0 Å². The van der Waals surface area contributed by atoms with Gasteiger partial charge in [-0.15, -0.1) is 10.2 Å². The van der Waals surface area contributed by atoms with Gasteiger partial charge in [0.05, 0.1) is 17.3 Å². The fourth-order valence-electron chi connectivity index (χ4n) is 5.31. The summed E-state index contributed by atoms with van der Waals surface area (Å²) in [6.07, 6.45) is 6.02. The van der Waals surface area contributed by atoms with Gasteiger partial charge in [0, 0.05) is 50.4 Å². The maximum absolute atomic E-state index is 12.9. The van der Waals surface area contributed by atoms with Gasteiger partial charge in [0.2, 0.25) is 5.91 Å². The molecule has 0 radical (unpaired) electrons. The number of nitrogens with zero attached hydrogens (tertiary/aromatic N) is 5. The van der Waals surface area contributed by atoms with Gasteiger partial charge in [0.15, 0.2) is 5.82 Å². The summed E-state index contributed by atoms with van der Waals surface area (Å²) >= 11 is 6.46. The van der Waals surface area contributed by atoms with Gasteiger partial charge in [-0.2, -0.15) is 0 Å². The van der Waals surface area contributed by atoms with Crippen LogP contribution in [0.3, 0.4) is 0 Å². The number of amides is 1. The van der Waals surface area contributed by atoms with Crippen LogP contribution in [0.15, 0.2) is 78.9 Å². The van der Waals surface area contributed by atoms with E-state index in [4.69, 9.17) is 11.6 Å². The van der Waals surface area contributed by atoms with Gasteiger partial charge in [0.1, 0.15) is 5.82 Å². The average Bonchev–Trinajstić information content (AvgIpc) is 3.39. The Morgan fingerprint density at radius 3 is 2.49 bits per heavy atom. The Balaban J connectivity index is 1.05. The minimum atomic E-state index is 0.0184. The molecule has 1 saturated heterocycles. The highest BCUT2D eigenvalue weighted by molar-refractivity contribution is 6.33. The van der Waals surface area contributed by atoms with Crippen LogP contribution < -0.4 is 5.32 Å². The zero-order chi connectivity index (χ0) is 26.6. The molecular weight excluding hydrogens is 508 g/mol. The monoisotopic (exact) mass is 538 g/mol. The van der Waals surface area contributed by atoms with Crippen molar-refractivity contribution in [3.8, 4) is 17.1 Å². The van der Waals surface area contributed by atoms with Crippen molar-refractivity contribution >= 4 is 29.3 Å². The van der Waals surface area contributed by atoms with Crippen molar-refractivity contribution < 1.29 is 4.79 Å². The van der Waals surface area contributed by atoms with Crippen LogP contribution in [-0.2, 0) is 17.6 Å². The molecule has 1 aromatic heterocycles. The largest absolute Gasteiger partial charge is 0.325 e.